The molecule has 11 atom stereocenters. The zero-order chi connectivity index (χ0) is 30.1. The number of hydrogen-bond acceptors (Lipinski definition) is 7. The van der Waals surface area contributed by atoms with E-state index < -0.39 is 0 Å². The Morgan fingerprint density at radius 2 is 1.56 bits per heavy atom. The standard InChI is InChI=1S/C36H60O7/c1-25-8-13-36(42-24-25)26(2)33-32(43-36)23-31-29-7-6-27-22-28(9-11-34(27,3)30(29)10-12-35(31,33)4)41-21-20-40-19-18-39-17-16-38-15-14-37-5/h6,25-26,28-33H,7-24H2,1-5H3/t25-,26+,28+,29-,30+,31+,32+,33+,34+,35+,36+/m1/s1. The molecule has 7 nitrogen and oxygen atoms in total. The summed E-state index contributed by atoms with van der Waals surface area (Å²) in [6.45, 7) is 15.8. The predicted octanol–water partition coefficient (Wildman–Crippen LogP) is 6.43. The van der Waals surface area contributed by atoms with Crippen LogP contribution in [0, 0.1) is 46.3 Å². The maximum absolute atomic E-state index is 6.97. The highest BCUT2D eigenvalue weighted by atomic mass is 16.7. The van der Waals surface area contributed by atoms with Crippen molar-refractivity contribution in [1.29, 1.82) is 0 Å². The second kappa shape index (κ2) is 13.7. The van der Waals surface area contributed by atoms with Gasteiger partial charge in [-0.15, -0.1) is 0 Å². The van der Waals surface area contributed by atoms with Crippen molar-refractivity contribution in [2.45, 2.75) is 103 Å². The number of methoxy groups -OCH3 is 1. The van der Waals surface area contributed by atoms with E-state index in [1.165, 1.54) is 38.5 Å². The summed E-state index contributed by atoms with van der Waals surface area (Å²) >= 11 is 0. The van der Waals surface area contributed by atoms with E-state index in [1.807, 2.05) is 0 Å². The maximum Gasteiger partial charge on any atom is 0.171 e. The lowest BCUT2D eigenvalue weighted by Gasteiger charge is -2.58. The Bertz CT molecular complexity index is 946. The van der Waals surface area contributed by atoms with Gasteiger partial charge in [0.2, 0.25) is 0 Å². The summed E-state index contributed by atoms with van der Waals surface area (Å²) in [7, 11) is 1.68. The van der Waals surface area contributed by atoms with Crippen LogP contribution < -0.4 is 0 Å². The number of fused-ring (bicyclic) bond motifs is 7. The number of rotatable bonds is 13. The van der Waals surface area contributed by atoms with Gasteiger partial charge >= 0.3 is 0 Å². The van der Waals surface area contributed by atoms with Gasteiger partial charge in [-0.05, 0) is 91.8 Å². The summed E-state index contributed by atoms with van der Waals surface area (Å²) in [5.74, 6) is 3.86. The second-order valence-corrected chi connectivity index (χ2v) is 15.3. The highest BCUT2D eigenvalue weighted by molar-refractivity contribution is 5.26. The molecule has 246 valence electrons. The molecule has 1 spiro atoms. The molecule has 0 bridgehead atoms. The van der Waals surface area contributed by atoms with Crippen LogP contribution in [0.2, 0.25) is 0 Å². The van der Waals surface area contributed by atoms with Crippen LogP contribution in [0.1, 0.15) is 85.5 Å². The average molecular weight is 605 g/mol. The molecule has 0 N–H and O–H groups in total. The van der Waals surface area contributed by atoms with Crippen LogP contribution >= 0.6 is 0 Å². The molecule has 6 rings (SSSR count). The minimum atomic E-state index is -0.311. The van der Waals surface area contributed by atoms with Crippen molar-refractivity contribution >= 4 is 0 Å². The minimum absolute atomic E-state index is 0.311. The molecule has 0 radical (unpaired) electrons. The Labute approximate surface area is 261 Å². The molecule has 5 fully saturated rings. The van der Waals surface area contributed by atoms with Gasteiger partial charge in [0.25, 0.3) is 0 Å². The Morgan fingerprint density at radius 1 is 0.837 bits per heavy atom. The summed E-state index contributed by atoms with van der Waals surface area (Å²) in [6.07, 6.45) is 14.4. The molecule has 0 amide bonds. The van der Waals surface area contributed by atoms with E-state index in [4.69, 9.17) is 33.2 Å². The van der Waals surface area contributed by atoms with Gasteiger partial charge in [0, 0.05) is 19.4 Å². The van der Waals surface area contributed by atoms with Crippen LogP contribution in [-0.2, 0) is 33.2 Å². The highest BCUT2D eigenvalue weighted by Gasteiger charge is 2.68. The van der Waals surface area contributed by atoms with Crippen LogP contribution in [0.25, 0.3) is 0 Å². The van der Waals surface area contributed by atoms with Gasteiger partial charge in [-0.3, -0.25) is 0 Å². The quantitative estimate of drug-likeness (QED) is 0.177. The molecule has 43 heavy (non-hydrogen) atoms. The molecule has 2 aliphatic heterocycles. The Kier molecular flexibility index (Phi) is 10.3. The Morgan fingerprint density at radius 3 is 2.26 bits per heavy atom. The van der Waals surface area contributed by atoms with E-state index in [2.05, 4.69) is 33.8 Å². The lowest BCUT2D eigenvalue weighted by atomic mass is 9.47. The molecule has 3 saturated carbocycles. The van der Waals surface area contributed by atoms with E-state index in [9.17, 15) is 0 Å². The molecular formula is C36H60O7. The van der Waals surface area contributed by atoms with Crippen molar-refractivity contribution in [2.24, 2.45) is 46.3 Å². The third-order valence-corrected chi connectivity index (χ3v) is 13.1. The van der Waals surface area contributed by atoms with Crippen molar-refractivity contribution in [3.63, 3.8) is 0 Å². The van der Waals surface area contributed by atoms with Gasteiger partial charge in [0.05, 0.1) is 71.7 Å². The number of hydrogen-bond donors (Lipinski definition) is 0. The summed E-state index contributed by atoms with van der Waals surface area (Å²) < 4.78 is 41.5. The summed E-state index contributed by atoms with van der Waals surface area (Å²) in [5, 5.41) is 0. The Hall–Kier alpha value is -0.540. The molecule has 6 aliphatic rings. The first kappa shape index (κ1) is 32.4. The second-order valence-electron chi connectivity index (χ2n) is 15.3. The molecule has 2 heterocycles. The molecule has 4 aliphatic carbocycles. The SMILES string of the molecule is COCCOCCOCCOCCO[C@H]1CC[C@@]2(C)C(=CC[C@H]3[C@@H]4C[C@@H]5O[C@@]6(CC[C@@H](C)CO6)[C@@H](C)[C@@H]5[C@@]4(C)CC[C@@H]32)C1. The van der Waals surface area contributed by atoms with E-state index in [0.29, 0.717) is 93.6 Å². The molecular weight excluding hydrogens is 544 g/mol. The van der Waals surface area contributed by atoms with Crippen molar-refractivity contribution in [1.82, 2.24) is 0 Å². The fraction of sp³-hybridized carbons (Fsp3) is 0.944. The first-order chi connectivity index (χ1) is 20.8. The third kappa shape index (κ3) is 6.27. The lowest BCUT2D eigenvalue weighted by Crippen LogP contribution is -2.52. The van der Waals surface area contributed by atoms with E-state index in [-0.39, 0.29) is 5.79 Å². The fourth-order valence-electron chi connectivity index (χ4n) is 10.7. The first-order valence-corrected chi connectivity index (χ1v) is 17.7. The fourth-order valence-corrected chi connectivity index (χ4v) is 10.7. The van der Waals surface area contributed by atoms with Crippen molar-refractivity contribution in [3.8, 4) is 0 Å². The van der Waals surface area contributed by atoms with Gasteiger partial charge in [0.15, 0.2) is 5.79 Å². The van der Waals surface area contributed by atoms with Gasteiger partial charge in [-0.1, -0.05) is 39.3 Å². The molecule has 0 aromatic carbocycles. The number of allylic oxidation sites excluding steroid dienone is 1. The smallest absolute Gasteiger partial charge is 0.171 e. The highest BCUT2D eigenvalue weighted by Crippen LogP contribution is 2.70. The van der Waals surface area contributed by atoms with Crippen molar-refractivity contribution in [2.75, 3.05) is 66.6 Å². The van der Waals surface area contributed by atoms with E-state index >= 15 is 0 Å². The molecule has 0 aromatic heterocycles. The minimum Gasteiger partial charge on any atom is -0.382 e. The lowest BCUT2D eigenvalue weighted by molar-refractivity contribution is -0.272. The van der Waals surface area contributed by atoms with Crippen LogP contribution in [0.5, 0.6) is 0 Å². The number of ether oxygens (including phenoxy) is 7. The Balaban J connectivity index is 0.961. The molecule has 0 unspecified atom stereocenters. The summed E-state index contributed by atoms with van der Waals surface area (Å²) in [4.78, 5) is 0. The molecule has 2 saturated heterocycles. The first-order valence-electron chi connectivity index (χ1n) is 17.7. The molecule has 7 heteroatoms. The van der Waals surface area contributed by atoms with Crippen molar-refractivity contribution < 1.29 is 33.2 Å². The van der Waals surface area contributed by atoms with Crippen LogP contribution in [-0.4, -0.2) is 84.6 Å². The van der Waals surface area contributed by atoms with Gasteiger partial charge in [0.1, 0.15) is 0 Å². The summed E-state index contributed by atoms with van der Waals surface area (Å²) in [6, 6.07) is 0. The van der Waals surface area contributed by atoms with Crippen LogP contribution in [0.4, 0.5) is 0 Å². The van der Waals surface area contributed by atoms with Gasteiger partial charge < -0.3 is 33.2 Å². The van der Waals surface area contributed by atoms with Gasteiger partial charge in [-0.25, -0.2) is 0 Å². The summed E-state index contributed by atoms with van der Waals surface area (Å²) in [5.41, 5.74) is 2.40. The zero-order valence-electron chi connectivity index (χ0n) is 27.8. The topological polar surface area (TPSA) is 64.6 Å². The molecule has 0 aromatic rings. The van der Waals surface area contributed by atoms with Gasteiger partial charge in [-0.2, -0.15) is 0 Å². The van der Waals surface area contributed by atoms with Crippen LogP contribution in [0.15, 0.2) is 11.6 Å². The van der Waals surface area contributed by atoms with Crippen molar-refractivity contribution in [3.05, 3.63) is 11.6 Å². The average Bonchev–Trinajstić information content (AvgIpc) is 3.44. The van der Waals surface area contributed by atoms with E-state index in [0.717, 1.165) is 43.6 Å². The normalized spacial score (nSPS) is 45.4. The zero-order valence-corrected chi connectivity index (χ0v) is 27.8. The van der Waals surface area contributed by atoms with E-state index in [1.54, 1.807) is 12.7 Å². The largest absolute Gasteiger partial charge is 0.382 e. The third-order valence-electron chi connectivity index (χ3n) is 13.1. The predicted molar refractivity (Wildman–Crippen MR) is 166 cm³/mol. The maximum atomic E-state index is 6.97. The van der Waals surface area contributed by atoms with Crippen LogP contribution in [0.3, 0.4) is 0 Å². The monoisotopic (exact) mass is 604 g/mol.